The lowest BCUT2D eigenvalue weighted by molar-refractivity contribution is -0.141. The molecule has 0 spiro atoms. The first-order chi connectivity index (χ1) is 9.45. The molecule has 108 valence electrons. The molecule has 1 heterocycles. The van der Waals surface area contributed by atoms with Gasteiger partial charge in [0.1, 0.15) is 5.82 Å². The Bertz CT molecular complexity index is 538. The molecule has 0 saturated carbocycles. The second-order valence-corrected chi connectivity index (χ2v) is 5.14. The lowest BCUT2D eigenvalue weighted by Crippen LogP contribution is -2.32. The molecule has 5 nitrogen and oxygen atoms in total. The second-order valence-electron chi connectivity index (χ2n) is 4.74. The van der Waals surface area contributed by atoms with E-state index in [-0.39, 0.29) is 17.5 Å². The Morgan fingerprint density at radius 3 is 2.85 bits per heavy atom. The van der Waals surface area contributed by atoms with Crippen LogP contribution in [-0.4, -0.2) is 41.5 Å². The molecule has 20 heavy (non-hydrogen) atoms. The van der Waals surface area contributed by atoms with E-state index in [1.54, 1.807) is 4.90 Å². The Kier molecular flexibility index (Phi) is 4.57. The fraction of sp³-hybridized carbons (Fsp3) is 0.385. The van der Waals surface area contributed by atoms with Crippen LogP contribution in [-0.2, 0) is 9.59 Å². The van der Waals surface area contributed by atoms with Crippen LogP contribution in [0.15, 0.2) is 18.2 Å². The third-order valence-electron chi connectivity index (χ3n) is 3.19. The maximum atomic E-state index is 13.0. The van der Waals surface area contributed by atoms with Crippen LogP contribution in [0.1, 0.15) is 6.42 Å². The minimum atomic E-state index is -0.835. The van der Waals surface area contributed by atoms with Crippen molar-refractivity contribution in [2.75, 3.05) is 25.0 Å². The normalized spacial score (nSPS) is 19.0. The monoisotopic (exact) mass is 300 g/mol. The number of aliphatic carboxylic acids is 1. The zero-order chi connectivity index (χ0) is 14.7. The number of nitrogens with one attached hydrogen (secondary N) is 1. The van der Waals surface area contributed by atoms with Gasteiger partial charge in [-0.05, 0) is 31.2 Å². The van der Waals surface area contributed by atoms with Gasteiger partial charge in [0.2, 0.25) is 5.91 Å². The third-order valence-corrected chi connectivity index (χ3v) is 3.48. The van der Waals surface area contributed by atoms with E-state index < -0.39 is 17.7 Å². The topological polar surface area (TPSA) is 69.6 Å². The highest BCUT2D eigenvalue weighted by molar-refractivity contribution is 6.31. The summed E-state index contributed by atoms with van der Waals surface area (Å²) in [5.74, 6) is -2.08. The lowest BCUT2D eigenvalue weighted by atomic mass is 10.1. The molecule has 1 aromatic rings. The number of rotatable bonds is 4. The average molecular weight is 301 g/mol. The lowest BCUT2D eigenvalue weighted by Gasteiger charge is -2.14. The van der Waals surface area contributed by atoms with Gasteiger partial charge in [0, 0.05) is 12.2 Å². The largest absolute Gasteiger partial charge is 0.481 e. The van der Waals surface area contributed by atoms with Gasteiger partial charge in [-0.1, -0.05) is 11.6 Å². The molecular formula is C13H14ClFN2O3. The van der Waals surface area contributed by atoms with E-state index in [9.17, 15) is 14.0 Å². The molecule has 0 aromatic heterocycles. The van der Waals surface area contributed by atoms with Gasteiger partial charge < -0.3 is 10.4 Å². The van der Waals surface area contributed by atoms with Gasteiger partial charge in [-0.2, -0.15) is 0 Å². The highest BCUT2D eigenvalue weighted by atomic mass is 35.5. The molecule has 0 bridgehead atoms. The number of benzene rings is 1. The van der Waals surface area contributed by atoms with Crippen LogP contribution in [0, 0.1) is 11.7 Å². The molecular weight excluding hydrogens is 287 g/mol. The van der Waals surface area contributed by atoms with Gasteiger partial charge in [0.05, 0.1) is 17.5 Å². The molecule has 2 rings (SSSR count). The number of likely N-dealkylation sites (tertiary alicyclic amines) is 1. The van der Waals surface area contributed by atoms with E-state index in [1.807, 2.05) is 0 Å². The first-order valence-electron chi connectivity index (χ1n) is 6.16. The Balaban J connectivity index is 1.87. The number of hydrogen-bond donors (Lipinski definition) is 2. The van der Waals surface area contributed by atoms with E-state index in [1.165, 1.54) is 18.2 Å². The van der Waals surface area contributed by atoms with E-state index in [4.69, 9.17) is 16.7 Å². The van der Waals surface area contributed by atoms with Crippen LogP contribution >= 0.6 is 11.6 Å². The van der Waals surface area contributed by atoms with Gasteiger partial charge in [-0.3, -0.25) is 14.5 Å². The Morgan fingerprint density at radius 2 is 2.25 bits per heavy atom. The average Bonchev–Trinajstić information content (AvgIpc) is 2.82. The zero-order valence-electron chi connectivity index (χ0n) is 10.6. The van der Waals surface area contributed by atoms with Crippen LogP contribution in [0.25, 0.3) is 0 Å². The van der Waals surface area contributed by atoms with Gasteiger partial charge in [-0.25, -0.2) is 4.39 Å². The molecule has 1 unspecified atom stereocenters. The van der Waals surface area contributed by atoms with Crippen LogP contribution in [0.2, 0.25) is 5.02 Å². The molecule has 1 aliphatic heterocycles. The summed E-state index contributed by atoms with van der Waals surface area (Å²) in [6, 6.07) is 3.93. The molecule has 0 radical (unpaired) electrons. The second kappa shape index (κ2) is 6.19. The highest BCUT2D eigenvalue weighted by Crippen LogP contribution is 2.20. The van der Waals surface area contributed by atoms with Crippen LogP contribution in [0.4, 0.5) is 10.1 Å². The number of carboxylic acid groups (broad SMARTS) is 1. The Morgan fingerprint density at radius 1 is 1.50 bits per heavy atom. The SMILES string of the molecule is O=C(CN1CCC(C(=O)O)C1)Nc1ccc(F)c(Cl)c1. The van der Waals surface area contributed by atoms with Gasteiger partial charge in [0.15, 0.2) is 0 Å². The summed E-state index contributed by atoms with van der Waals surface area (Å²) in [5, 5.41) is 11.4. The van der Waals surface area contributed by atoms with Crippen LogP contribution in [0.5, 0.6) is 0 Å². The fourth-order valence-electron chi connectivity index (χ4n) is 2.16. The molecule has 0 aliphatic carbocycles. The van der Waals surface area contributed by atoms with Crippen molar-refractivity contribution in [2.24, 2.45) is 5.92 Å². The fourth-order valence-corrected chi connectivity index (χ4v) is 2.34. The number of hydrogen-bond acceptors (Lipinski definition) is 3. The first-order valence-corrected chi connectivity index (χ1v) is 6.53. The molecule has 1 fully saturated rings. The Hall–Kier alpha value is -1.66. The van der Waals surface area contributed by atoms with Crippen molar-refractivity contribution in [2.45, 2.75) is 6.42 Å². The maximum Gasteiger partial charge on any atom is 0.307 e. The summed E-state index contributed by atoms with van der Waals surface area (Å²) in [4.78, 5) is 24.4. The third kappa shape index (κ3) is 3.68. The summed E-state index contributed by atoms with van der Waals surface area (Å²) in [6.45, 7) is 1.06. The van der Waals surface area contributed by atoms with Crippen molar-refractivity contribution in [1.29, 1.82) is 0 Å². The molecule has 1 aliphatic rings. The van der Waals surface area contributed by atoms with Gasteiger partial charge >= 0.3 is 5.97 Å². The van der Waals surface area contributed by atoms with Crippen LogP contribution in [0.3, 0.4) is 0 Å². The minimum Gasteiger partial charge on any atom is -0.481 e. The number of carbonyl (C=O) groups is 2. The van der Waals surface area contributed by atoms with Crippen molar-refractivity contribution >= 4 is 29.2 Å². The summed E-state index contributed by atoms with van der Waals surface area (Å²) in [6.07, 6.45) is 0.547. The Labute approximate surface area is 120 Å². The predicted molar refractivity (Wildman–Crippen MR) is 72.2 cm³/mol. The molecule has 1 amide bonds. The van der Waals surface area contributed by atoms with Crippen molar-refractivity contribution < 1.29 is 19.1 Å². The molecule has 1 saturated heterocycles. The van der Waals surface area contributed by atoms with Crippen molar-refractivity contribution in [3.63, 3.8) is 0 Å². The quantitative estimate of drug-likeness (QED) is 0.890. The number of carboxylic acids is 1. The van der Waals surface area contributed by atoms with Gasteiger partial charge in [0.25, 0.3) is 0 Å². The number of anilines is 1. The first kappa shape index (κ1) is 14.7. The smallest absolute Gasteiger partial charge is 0.307 e. The van der Waals surface area contributed by atoms with Crippen molar-refractivity contribution in [1.82, 2.24) is 4.90 Å². The van der Waals surface area contributed by atoms with Gasteiger partial charge in [-0.15, -0.1) is 0 Å². The van der Waals surface area contributed by atoms with Crippen LogP contribution < -0.4 is 5.32 Å². The van der Waals surface area contributed by atoms with Crippen molar-refractivity contribution in [3.05, 3.63) is 29.0 Å². The molecule has 1 aromatic carbocycles. The summed E-state index contributed by atoms with van der Waals surface area (Å²) in [5.41, 5.74) is 0.412. The predicted octanol–water partition coefficient (Wildman–Crippen LogP) is 1.82. The number of amides is 1. The number of nitrogens with zero attached hydrogens (tertiary/aromatic N) is 1. The standard InChI is InChI=1S/C13H14ClFN2O3/c14-10-5-9(1-2-11(10)15)16-12(18)7-17-4-3-8(6-17)13(19)20/h1-2,5,8H,3-4,6-7H2,(H,16,18)(H,19,20). The molecule has 7 heteroatoms. The summed E-state index contributed by atoms with van der Waals surface area (Å²) >= 11 is 5.62. The molecule has 2 N–H and O–H groups in total. The number of carbonyl (C=O) groups excluding carboxylic acids is 1. The minimum absolute atomic E-state index is 0.0603. The number of halogens is 2. The van der Waals surface area contributed by atoms with E-state index >= 15 is 0 Å². The van der Waals surface area contributed by atoms with E-state index in [2.05, 4.69) is 5.32 Å². The van der Waals surface area contributed by atoms with Crippen molar-refractivity contribution in [3.8, 4) is 0 Å². The van der Waals surface area contributed by atoms with E-state index in [0.29, 0.717) is 25.2 Å². The summed E-state index contributed by atoms with van der Waals surface area (Å²) < 4.78 is 13.0. The summed E-state index contributed by atoms with van der Waals surface area (Å²) in [7, 11) is 0. The zero-order valence-corrected chi connectivity index (χ0v) is 11.4. The highest BCUT2D eigenvalue weighted by Gasteiger charge is 2.28. The molecule has 1 atom stereocenters. The van der Waals surface area contributed by atoms with E-state index in [0.717, 1.165) is 0 Å². The maximum absolute atomic E-state index is 13.0.